The summed E-state index contributed by atoms with van der Waals surface area (Å²) in [6.45, 7) is -0.324. The van der Waals surface area contributed by atoms with Crippen molar-refractivity contribution < 1.29 is 13.8 Å². The zero-order valence-corrected chi connectivity index (χ0v) is 31.7. The minimum Gasteiger partial charge on any atom is -0.551 e. The molecule has 0 saturated heterocycles. The second-order valence-electron chi connectivity index (χ2n) is 15.5. The molecule has 0 unspecified atom stereocenters. The number of para-hydroxylation sites is 5. The monoisotopic (exact) mass is 753 g/mol. The van der Waals surface area contributed by atoms with Gasteiger partial charge in [0.2, 0.25) is 0 Å². The van der Waals surface area contributed by atoms with Crippen LogP contribution in [-0.2, 0) is 0 Å². The number of nitrogens with zero attached hydrogens (tertiary/aromatic N) is 1. The van der Waals surface area contributed by atoms with E-state index in [4.69, 9.17) is 13.8 Å². The number of ether oxygens (including phenoxy) is 1. The molecule has 0 amide bonds. The number of fused-ring (bicyclic) bond motifs is 10. The number of rotatable bonds is 4. The van der Waals surface area contributed by atoms with E-state index in [0.717, 1.165) is 100 Å². The van der Waals surface area contributed by atoms with Gasteiger partial charge in [0.05, 0.1) is 16.7 Å². The predicted octanol–water partition coefficient (Wildman–Crippen LogP) is 13.0. The van der Waals surface area contributed by atoms with Crippen LogP contribution in [0.3, 0.4) is 0 Å². The fourth-order valence-electron chi connectivity index (χ4n) is 9.75. The average molecular weight is 754 g/mol. The Hall–Kier alpha value is -7.76. The van der Waals surface area contributed by atoms with Crippen LogP contribution in [0, 0.1) is 0 Å². The highest BCUT2D eigenvalue weighted by Gasteiger charge is 2.41. The van der Waals surface area contributed by atoms with Crippen molar-refractivity contribution in [2.24, 2.45) is 0 Å². The number of benzene rings is 9. The molecule has 0 N–H and O–H groups in total. The first kappa shape index (κ1) is 32.3. The Morgan fingerprint density at radius 1 is 0.390 bits per heavy atom. The lowest BCUT2D eigenvalue weighted by molar-refractivity contribution is 0.480. The van der Waals surface area contributed by atoms with Gasteiger partial charge < -0.3 is 18.4 Å². The molecular weight excluding hydrogens is 721 g/mol. The maximum absolute atomic E-state index is 7.09. The first-order valence-electron chi connectivity index (χ1n) is 20.1. The topological polar surface area (TPSA) is 36.5 Å². The van der Waals surface area contributed by atoms with Gasteiger partial charge in [0.1, 0.15) is 28.4 Å². The maximum Gasteiger partial charge on any atom is 0.434 e. The van der Waals surface area contributed by atoms with Crippen LogP contribution in [0.5, 0.6) is 17.2 Å². The van der Waals surface area contributed by atoms with Gasteiger partial charge >= 0.3 is 6.92 Å². The summed E-state index contributed by atoms with van der Waals surface area (Å²) in [4.78, 5) is 0. The molecule has 274 valence electrons. The number of furan rings is 1. The molecule has 2 aliphatic heterocycles. The largest absolute Gasteiger partial charge is 0.551 e. The van der Waals surface area contributed by atoms with Gasteiger partial charge in [-0.3, -0.25) is 0 Å². The fourth-order valence-corrected chi connectivity index (χ4v) is 9.75. The third-order valence-corrected chi connectivity index (χ3v) is 12.3. The van der Waals surface area contributed by atoms with E-state index in [9.17, 15) is 0 Å². The highest BCUT2D eigenvalue weighted by Crippen LogP contribution is 2.46. The Bertz CT molecular complexity index is 3490. The van der Waals surface area contributed by atoms with E-state index in [-0.39, 0.29) is 6.92 Å². The van der Waals surface area contributed by atoms with Crippen LogP contribution in [0.2, 0.25) is 0 Å². The SMILES string of the molecule is c1ccc2c(c1)OB1c3ccc(-c4ccccc4-n4c5ccccc5c5ccccc54)cc3Oc3cc(-c4ccccc4-c4cccc5oc6ccccc6c45)cc-2c31. The minimum atomic E-state index is -0.324. The van der Waals surface area contributed by atoms with Gasteiger partial charge in [-0.15, -0.1) is 0 Å². The van der Waals surface area contributed by atoms with E-state index >= 15 is 0 Å². The van der Waals surface area contributed by atoms with Crippen LogP contribution in [-0.4, -0.2) is 11.5 Å². The second kappa shape index (κ2) is 12.4. The molecule has 0 bridgehead atoms. The molecule has 11 aromatic rings. The normalized spacial score (nSPS) is 12.6. The summed E-state index contributed by atoms with van der Waals surface area (Å²) >= 11 is 0. The van der Waals surface area contributed by atoms with Crippen molar-refractivity contribution in [1.82, 2.24) is 4.57 Å². The Labute approximate surface area is 340 Å². The molecule has 13 rings (SSSR count). The molecule has 2 aromatic heterocycles. The van der Waals surface area contributed by atoms with Gasteiger partial charge in [0.15, 0.2) is 0 Å². The highest BCUT2D eigenvalue weighted by molar-refractivity contribution is 6.84. The van der Waals surface area contributed by atoms with Gasteiger partial charge in [-0.1, -0.05) is 140 Å². The molecule has 0 fully saturated rings. The van der Waals surface area contributed by atoms with Crippen LogP contribution in [0.15, 0.2) is 199 Å². The Kier molecular flexibility index (Phi) is 6.78. The molecular formula is C54H32BNO3. The molecule has 0 saturated carbocycles. The van der Waals surface area contributed by atoms with Crippen molar-refractivity contribution in [3.63, 3.8) is 0 Å². The van der Waals surface area contributed by atoms with Gasteiger partial charge in [0, 0.05) is 43.6 Å². The van der Waals surface area contributed by atoms with Crippen LogP contribution >= 0.6 is 0 Å². The van der Waals surface area contributed by atoms with Crippen molar-refractivity contribution in [1.29, 1.82) is 0 Å². The molecule has 0 radical (unpaired) electrons. The molecule has 4 heterocycles. The molecule has 0 spiro atoms. The van der Waals surface area contributed by atoms with Crippen molar-refractivity contribution in [3.8, 4) is 67.4 Å². The Morgan fingerprint density at radius 2 is 1.02 bits per heavy atom. The summed E-state index contributed by atoms with van der Waals surface area (Å²) in [7, 11) is 0. The van der Waals surface area contributed by atoms with Crippen molar-refractivity contribution in [2.45, 2.75) is 0 Å². The standard InChI is InChI=1S/C54H32BNO3/c1-2-16-37(41-21-13-27-50-53(41)42-20-7-11-25-48(42)57-50)35(14-1)34-30-43-40-19-6-12-26-49(40)59-55-44-29-28-33(31-51(44)58-52(32-34)54(43)55)36-15-3-8-22-45(36)56-46-23-9-4-17-38(46)39-18-5-10-24-47(39)56/h1-32H. The maximum atomic E-state index is 7.09. The van der Waals surface area contributed by atoms with E-state index in [1.165, 1.54) is 21.8 Å². The lowest BCUT2D eigenvalue weighted by Gasteiger charge is -2.33. The molecule has 0 aliphatic carbocycles. The van der Waals surface area contributed by atoms with E-state index in [0.29, 0.717) is 0 Å². The number of hydrogen-bond acceptors (Lipinski definition) is 3. The van der Waals surface area contributed by atoms with E-state index in [1.54, 1.807) is 0 Å². The minimum absolute atomic E-state index is 0.324. The van der Waals surface area contributed by atoms with Crippen LogP contribution in [0.4, 0.5) is 0 Å². The summed E-state index contributed by atoms with van der Waals surface area (Å²) in [5.74, 6) is 2.46. The predicted molar refractivity (Wildman–Crippen MR) is 242 cm³/mol. The van der Waals surface area contributed by atoms with Crippen LogP contribution in [0.25, 0.3) is 93.9 Å². The summed E-state index contributed by atoms with van der Waals surface area (Å²) < 4.78 is 22.7. The van der Waals surface area contributed by atoms with E-state index in [1.807, 2.05) is 12.1 Å². The van der Waals surface area contributed by atoms with Gasteiger partial charge in [-0.25, -0.2) is 0 Å². The highest BCUT2D eigenvalue weighted by atomic mass is 16.5. The van der Waals surface area contributed by atoms with Crippen LogP contribution in [0.1, 0.15) is 0 Å². The van der Waals surface area contributed by atoms with Gasteiger partial charge in [-0.2, -0.15) is 0 Å². The van der Waals surface area contributed by atoms with Crippen molar-refractivity contribution in [2.75, 3.05) is 0 Å². The molecule has 0 atom stereocenters. The Morgan fingerprint density at radius 3 is 1.85 bits per heavy atom. The first-order chi connectivity index (χ1) is 29.3. The van der Waals surface area contributed by atoms with Gasteiger partial charge in [0.25, 0.3) is 0 Å². The summed E-state index contributed by atoms with van der Waals surface area (Å²) in [6, 6.07) is 68.8. The smallest absolute Gasteiger partial charge is 0.434 e. The van der Waals surface area contributed by atoms with Crippen molar-refractivity contribution in [3.05, 3.63) is 194 Å². The lowest BCUT2D eigenvalue weighted by atomic mass is 9.50. The molecule has 9 aromatic carbocycles. The third-order valence-electron chi connectivity index (χ3n) is 12.3. The van der Waals surface area contributed by atoms with Gasteiger partial charge in [-0.05, 0) is 88.0 Å². The fraction of sp³-hybridized carbons (Fsp3) is 0. The number of hydrogen-bond donors (Lipinski definition) is 0. The van der Waals surface area contributed by atoms with E-state index in [2.05, 4.69) is 187 Å². The quantitative estimate of drug-likeness (QED) is 0.168. The molecule has 59 heavy (non-hydrogen) atoms. The zero-order chi connectivity index (χ0) is 38.6. The summed E-state index contributed by atoms with van der Waals surface area (Å²) in [5.41, 5.74) is 16.1. The van der Waals surface area contributed by atoms with Crippen molar-refractivity contribution >= 4 is 61.6 Å². The Balaban J connectivity index is 0.989. The van der Waals surface area contributed by atoms with E-state index < -0.39 is 0 Å². The van der Waals surface area contributed by atoms with Crippen LogP contribution < -0.4 is 20.3 Å². The zero-order valence-electron chi connectivity index (χ0n) is 31.7. The molecule has 5 heteroatoms. The molecule has 2 aliphatic rings. The summed E-state index contributed by atoms with van der Waals surface area (Å²) in [6.07, 6.45) is 0. The third kappa shape index (κ3) is 4.73. The lowest BCUT2D eigenvalue weighted by Crippen LogP contribution is -2.53. The summed E-state index contributed by atoms with van der Waals surface area (Å²) in [5, 5.41) is 4.70. The first-order valence-corrected chi connectivity index (χ1v) is 20.1. The molecule has 4 nitrogen and oxygen atoms in total. The second-order valence-corrected chi connectivity index (χ2v) is 15.5. The average Bonchev–Trinajstić information content (AvgIpc) is 3.85. The number of aromatic nitrogens is 1.